The van der Waals surface area contributed by atoms with Crippen molar-refractivity contribution >= 4 is 22.7 Å². The molecule has 0 unspecified atom stereocenters. The molecule has 1 saturated heterocycles. The Hall–Kier alpha value is -2.75. The number of halogens is 3. The zero-order chi connectivity index (χ0) is 21.7. The molecular formula is C20H22F3N3O4. The van der Waals surface area contributed by atoms with Gasteiger partial charge in [-0.05, 0) is 25.6 Å². The van der Waals surface area contributed by atoms with Crippen molar-refractivity contribution in [2.24, 2.45) is 5.92 Å². The second kappa shape index (κ2) is 7.50. The monoisotopic (exact) mass is 425 g/mol. The average molecular weight is 425 g/mol. The Labute approximate surface area is 170 Å². The number of likely N-dealkylation sites (N-methyl/N-ethyl adjacent to an activating group) is 1. The van der Waals surface area contributed by atoms with Gasteiger partial charge in [-0.3, -0.25) is 9.18 Å². The zero-order valence-electron chi connectivity index (χ0n) is 16.5. The lowest BCUT2D eigenvalue weighted by Crippen LogP contribution is -2.34. The second-order valence-electron chi connectivity index (χ2n) is 7.86. The lowest BCUT2D eigenvalue weighted by atomic mass is 10.1. The van der Waals surface area contributed by atoms with E-state index in [1.807, 2.05) is 0 Å². The summed E-state index contributed by atoms with van der Waals surface area (Å²) in [4.78, 5) is 25.4. The summed E-state index contributed by atoms with van der Waals surface area (Å²) in [6.45, 7) is 1.75. The maximum Gasteiger partial charge on any atom is 0.511 e. The van der Waals surface area contributed by atoms with E-state index in [2.05, 4.69) is 10.1 Å². The Morgan fingerprint density at radius 1 is 1.40 bits per heavy atom. The van der Waals surface area contributed by atoms with Gasteiger partial charge in [-0.2, -0.15) is 0 Å². The number of aromatic nitrogens is 1. The molecule has 10 heteroatoms. The van der Waals surface area contributed by atoms with Crippen molar-refractivity contribution in [2.45, 2.75) is 31.6 Å². The van der Waals surface area contributed by atoms with Crippen LogP contribution < -0.4 is 20.4 Å². The van der Waals surface area contributed by atoms with Crippen molar-refractivity contribution in [1.82, 2.24) is 9.88 Å². The van der Waals surface area contributed by atoms with E-state index in [9.17, 15) is 18.4 Å². The first-order chi connectivity index (χ1) is 14.3. The lowest BCUT2D eigenvalue weighted by molar-refractivity contribution is 0.143. The molecule has 4 rings (SSSR count). The number of aryl methyl sites for hydroxylation is 1. The standard InChI is InChI=1S/C20H22F3N3O4/c1-9-17-11(3-13(23)18(9)25-6-10(5-21)14(7-25)24-2)19(27)16(30-20(28)29)8-26(17)15-4-12(15)22/h3,8,10,12,14-15,24H,4-7H2,1-2H3,(H,28,29)/t10-,12-,14+,15+/m0/s1. The van der Waals surface area contributed by atoms with Crippen LogP contribution >= 0.6 is 0 Å². The van der Waals surface area contributed by atoms with Gasteiger partial charge in [0.2, 0.25) is 5.43 Å². The minimum atomic E-state index is -1.69. The molecule has 1 saturated carbocycles. The summed E-state index contributed by atoms with van der Waals surface area (Å²) in [5.41, 5.74) is 0.181. The maximum atomic E-state index is 15.2. The number of fused-ring (bicyclic) bond motifs is 1. The molecule has 162 valence electrons. The molecule has 0 spiro atoms. The number of carbonyl (C=O) groups is 1. The van der Waals surface area contributed by atoms with Gasteiger partial charge in [0.25, 0.3) is 0 Å². The van der Waals surface area contributed by atoms with E-state index in [1.54, 1.807) is 18.9 Å². The molecule has 0 amide bonds. The third-order valence-corrected chi connectivity index (χ3v) is 6.01. The van der Waals surface area contributed by atoms with E-state index in [0.29, 0.717) is 24.2 Å². The average Bonchev–Trinajstić information content (AvgIpc) is 3.27. The van der Waals surface area contributed by atoms with Gasteiger partial charge in [-0.1, -0.05) is 0 Å². The van der Waals surface area contributed by atoms with Crippen LogP contribution in [0.25, 0.3) is 10.9 Å². The van der Waals surface area contributed by atoms with Crippen molar-refractivity contribution in [3.8, 4) is 5.75 Å². The zero-order valence-corrected chi connectivity index (χ0v) is 16.5. The van der Waals surface area contributed by atoms with E-state index in [4.69, 9.17) is 5.11 Å². The van der Waals surface area contributed by atoms with Crippen molar-refractivity contribution in [3.63, 3.8) is 0 Å². The summed E-state index contributed by atoms with van der Waals surface area (Å²) >= 11 is 0. The number of nitrogens with zero attached hydrogens (tertiary/aromatic N) is 2. The number of hydrogen-bond acceptors (Lipinski definition) is 5. The lowest BCUT2D eigenvalue weighted by Gasteiger charge is -2.24. The molecule has 2 aliphatic rings. The highest BCUT2D eigenvalue weighted by Gasteiger charge is 2.41. The summed E-state index contributed by atoms with van der Waals surface area (Å²) < 4.78 is 48.5. The second-order valence-corrected chi connectivity index (χ2v) is 7.86. The molecule has 2 heterocycles. The van der Waals surface area contributed by atoms with E-state index in [0.717, 1.165) is 6.07 Å². The number of nitrogens with one attached hydrogen (secondary N) is 1. The highest BCUT2D eigenvalue weighted by Crippen LogP contribution is 2.43. The summed E-state index contributed by atoms with van der Waals surface area (Å²) in [7, 11) is 1.72. The normalized spacial score (nSPS) is 25.7. The first-order valence-corrected chi connectivity index (χ1v) is 9.67. The van der Waals surface area contributed by atoms with Crippen molar-refractivity contribution in [1.29, 1.82) is 0 Å². The molecular weight excluding hydrogens is 403 g/mol. The fourth-order valence-corrected chi connectivity index (χ4v) is 4.44. The van der Waals surface area contributed by atoms with Crippen molar-refractivity contribution < 1.29 is 27.8 Å². The van der Waals surface area contributed by atoms with Gasteiger partial charge in [0, 0.05) is 31.5 Å². The summed E-state index contributed by atoms with van der Waals surface area (Å²) in [6.07, 6.45) is -1.47. The minimum absolute atomic E-state index is 0.0852. The molecule has 1 aliphatic carbocycles. The Morgan fingerprint density at radius 3 is 2.63 bits per heavy atom. The van der Waals surface area contributed by atoms with Gasteiger partial charge < -0.3 is 24.6 Å². The van der Waals surface area contributed by atoms with E-state index < -0.39 is 42.0 Å². The first kappa shape index (κ1) is 20.5. The SMILES string of the molecule is CN[C@@H]1CN(c2c(F)cc3c(=O)c(OC(=O)O)cn([C@@H]4C[C@@H]4F)c3c2C)C[C@@H]1CF. The molecule has 1 aromatic carbocycles. The summed E-state index contributed by atoms with van der Waals surface area (Å²) in [6, 6.07) is 0.276. The molecule has 2 N–H and O–H groups in total. The highest BCUT2D eigenvalue weighted by atomic mass is 19.1. The van der Waals surface area contributed by atoms with Crippen LogP contribution in [0.5, 0.6) is 5.75 Å². The highest BCUT2D eigenvalue weighted by molar-refractivity contribution is 5.89. The number of rotatable bonds is 5. The number of anilines is 1. The fraction of sp³-hybridized carbons (Fsp3) is 0.500. The Kier molecular flexibility index (Phi) is 5.13. The van der Waals surface area contributed by atoms with Gasteiger partial charge >= 0.3 is 6.16 Å². The molecule has 2 fully saturated rings. The smallest absolute Gasteiger partial charge is 0.449 e. The van der Waals surface area contributed by atoms with E-state index in [1.165, 1.54) is 10.8 Å². The number of ether oxygens (including phenoxy) is 1. The predicted molar refractivity (Wildman–Crippen MR) is 105 cm³/mol. The Bertz CT molecular complexity index is 1060. The van der Waals surface area contributed by atoms with Crippen LogP contribution in [-0.2, 0) is 0 Å². The van der Waals surface area contributed by atoms with Gasteiger partial charge in [-0.25, -0.2) is 13.6 Å². The topological polar surface area (TPSA) is 83.8 Å². The molecule has 0 bridgehead atoms. The molecule has 2 aromatic rings. The summed E-state index contributed by atoms with van der Waals surface area (Å²) in [5, 5.41) is 11.8. The van der Waals surface area contributed by atoms with Crippen LogP contribution in [0.3, 0.4) is 0 Å². The van der Waals surface area contributed by atoms with Crippen LogP contribution in [0.2, 0.25) is 0 Å². The molecule has 30 heavy (non-hydrogen) atoms. The fourth-order valence-electron chi connectivity index (χ4n) is 4.44. The van der Waals surface area contributed by atoms with E-state index in [-0.39, 0.29) is 29.5 Å². The Balaban J connectivity index is 1.91. The van der Waals surface area contributed by atoms with Crippen LogP contribution in [0.1, 0.15) is 18.0 Å². The predicted octanol–water partition coefficient (Wildman–Crippen LogP) is 2.78. The maximum absolute atomic E-state index is 15.2. The molecule has 7 nitrogen and oxygen atoms in total. The number of pyridine rings is 1. The first-order valence-electron chi connectivity index (χ1n) is 9.67. The molecule has 4 atom stereocenters. The molecule has 1 aromatic heterocycles. The third kappa shape index (κ3) is 3.28. The molecule has 0 radical (unpaired) electrons. The van der Waals surface area contributed by atoms with E-state index >= 15 is 4.39 Å². The number of hydrogen-bond donors (Lipinski definition) is 2. The quantitative estimate of drug-likeness (QED) is 0.717. The number of alkyl halides is 2. The van der Waals surface area contributed by atoms with Crippen molar-refractivity contribution in [3.05, 3.63) is 33.9 Å². The third-order valence-electron chi connectivity index (χ3n) is 6.01. The van der Waals surface area contributed by atoms with Crippen LogP contribution in [-0.4, -0.2) is 54.9 Å². The van der Waals surface area contributed by atoms with Gasteiger partial charge in [0.1, 0.15) is 12.0 Å². The number of carboxylic acid groups (broad SMARTS) is 1. The van der Waals surface area contributed by atoms with Crippen LogP contribution in [0.15, 0.2) is 17.1 Å². The van der Waals surface area contributed by atoms with Crippen molar-refractivity contribution in [2.75, 3.05) is 31.7 Å². The Morgan fingerprint density at radius 2 is 2.10 bits per heavy atom. The summed E-state index contributed by atoms with van der Waals surface area (Å²) in [5.74, 6) is -1.50. The molecule has 1 aliphatic heterocycles. The number of benzene rings is 1. The minimum Gasteiger partial charge on any atom is -0.449 e. The largest absolute Gasteiger partial charge is 0.511 e. The van der Waals surface area contributed by atoms with Crippen LogP contribution in [0.4, 0.5) is 23.7 Å². The van der Waals surface area contributed by atoms with Gasteiger partial charge in [0.05, 0.1) is 35.5 Å². The van der Waals surface area contributed by atoms with Gasteiger partial charge in [-0.15, -0.1) is 0 Å². The van der Waals surface area contributed by atoms with Gasteiger partial charge in [0.15, 0.2) is 5.75 Å². The van der Waals surface area contributed by atoms with Crippen LogP contribution in [0, 0.1) is 18.7 Å².